The number of hydrogen-bond acceptors (Lipinski definition) is 2. The first-order valence-electron chi connectivity index (χ1n) is 6.93. The number of guanidine groups is 1. The van der Waals surface area contributed by atoms with Gasteiger partial charge in [-0.2, -0.15) is 11.8 Å². The van der Waals surface area contributed by atoms with Crippen LogP contribution in [0.2, 0.25) is 0 Å². The second-order valence-corrected chi connectivity index (χ2v) is 6.78. The van der Waals surface area contributed by atoms with Crippen LogP contribution in [-0.2, 0) is 0 Å². The van der Waals surface area contributed by atoms with E-state index in [-0.39, 0.29) is 24.0 Å². The van der Waals surface area contributed by atoms with E-state index in [0.29, 0.717) is 5.41 Å². The average Bonchev–Trinajstić information content (AvgIpc) is 2.30. The summed E-state index contributed by atoms with van der Waals surface area (Å²) in [5, 5.41) is 6.72. The maximum absolute atomic E-state index is 4.23. The molecule has 2 N–H and O–H groups in total. The van der Waals surface area contributed by atoms with Crippen molar-refractivity contribution in [2.75, 3.05) is 32.1 Å². The molecule has 19 heavy (non-hydrogen) atoms. The number of hydrogen-bond donors (Lipinski definition) is 2. The Labute approximate surface area is 141 Å². The SMILES string of the molecule is CN=C(NCCCCSC)NCCCC(C)(C)C.I. The lowest BCUT2D eigenvalue weighted by atomic mass is 9.91. The molecule has 0 radical (unpaired) electrons. The number of rotatable bonds is 8. The highest BCUT2D eigenvalue weighted by atomic mass is 127. The van der Waals surface area contributed by atoms with Gasteiger partial charge in [-0.15, -0.1) is 24.0 Å². The summed E-state index contributed by atoms with van der Waals surface area (Å²) in [5.74, 6) is 2.19. The van der Waals surface area contributed by atoms with Crippen molar-refractivity contribution in [2.24, 2.45) is 10.4 Å². The van der Waals surface area contributed by atoms with Gasteiger partial charge in [0.25, 0.3) is 0 Å². The Morgan fingerprint density at radius 2 is 1.63 bits per heavy atom. The zero-order chi connectivity index (χ0) is 13.9. The van der Waals surface area contributed by atoms with Gasteiger partial charge in [-0.3, -0.25) is 4.99 Å². The largest absolute Gasteiger partial charge is 0.356 e. The molecule has 0 saturated heterocycles. The molecule has 116 valence electrons. The molecule has 0 unspecified atom stereocenters. The van der Waals surface area contributed by atoms with Gasteiger partial charge in [-0.25, -0.2) is 0 Å². The van der Waals surface area contributed by atoms with Crippen LogP contribution >= 0.6 is 35.7 Å². The van der Waals surface area contributed by atoms with E-state index in [1.54, 1.807) is 0 Å². The lowest BCUT2D eigenvalue weighted by molar-refractivity contribution is 0.365. The van der Waals surface area contributed by atoms with Crippen LogP contribution in [0.5, 0.6) is 0 Å². The minimum atomic E-state index is 0. The van der Waals surface area contributed by atoms with E-state index in [1.807, 2.05) is 18.8 Å². The van der Waals surface area contributed by atoms with Crippen LogP contribution in [-0.4, -0.2) is 38.1 Å². The Balaban J connectivity index is 0. The second-order valence-electron chi connectivity index (χ2n) is 5.79. The van der Waals surface area contributed by atoms with Gasteiger partial charge in [0.2, 0.25) is 0 Å². The van der Waals surface area contributed by atoms with E-state index in [4.69, 9.17) is 0 Å². The van der Waals surface area contributed by atoms with Crippen molar-refractivity contribution in [2.45, 2.75) is 46.5 Å². The van der Waals surface area contributed by atoms with E-state index in [0.717, 1.165) is 19.0 Å². The molecule has 0 aromatic heterocycles. The van der Waals surface area contributed by atoms with Crippen LogP contribution in [0.15, 0.2) is 4.99 Å². The zero-order valence-electron chi connectivity index (χ0n) is 13.2. The van der Waals surface area contributed by atoms with Gasteiger partial charge in [0, 0.05) is 20.1 Å². The van der Waals surface area contributed by atoms with Crippen molar-refractivity contribution in [3.63, 3.8) is 0 Å². The summed E-state index contributed by atoms with van der Waals surface area (Å²) in [5.41, 5.74) is 0.427. The lowest BCUT2D eigenvalue weighted by Crippen LogP contribution is -2.38. The second kappa shape index (κ2) is 13.3. The molecule has 0 bridgehead atoms. The molecule has 0 aliphatic heterocycles. The Bertz CT molecular complexity index is 227. The molecule has 0 amide bonds. The van der Waals surface area contributed by atoms with Gasteiger partial charge in [-0.05, 0) is 43.1 Å². The molecule has 3 nitrogen and oxygen atoms in total. The Morgan fingerprint density at radius 3 is 2.11 bits per heavy atom. The fourth-order valence-electron chi connectivity index (χ4n) is 1.62. The lowest BCUT2D eigenvalue weighted by Gasteiger charge is -2.18. The summed E-state index contributed by atoms with van der Waals surface area (Å²) in [7, 11) is 1.83. The van der Waals surface area contributed by atoms with Crippen molar-refractivity contribution in [1.29, 1.82) is 0 Å². The standard InChI is InChI=1S/C14H31N3S.HI/c1-14(2,3)9-8-11-17-13(15-4)16-10-6-7-12-18-5;/h6-12H2,1-5H3,(H2,15,16,17);1H. The quantitative estimate of drug-likeness (QED) is 0.282. The topological polar surface area (TPSA) is 36.4 Å². The number of halogens is 1. The summed E-state index contributed by atoms with van der Waals surface area (Å²) in [4.78, 5) is 4.23. The molecule has 5 heteroatoms. The fraction of sp³-hybridized carbons (Fsp3) is 0.929. The molecule has 0 aliphatic carbocycles. The minimum Gasteiger partial charge on any atom is -0.356 e. The van der Waals surface area contributed by atoms with Gasteiger partial charge in [0.05, 0.1) is 0 Å². The van der Waals surface area contributed by atoms with Crippen molar-refractivity contribution in [3.05, 3.63) is 0 Å². The molecule has 0 aliphatic rings. The first-order chi connectivity index (χ1) is 8.49. The summed E-state index contributed by atoms with van der Waals surface area (Å²) in [6.45, 7) is 8.87. The van der Waals surface area contributed by atoms with E-state index < -0.39 is 0 Å². The fourth-order valence-corrected chi connectivity index (χ4v) is 2.12. The van der Waals surface area contributed by atoms with Gasteiger partial charge in [0.1, 0.15) is 0 Å². The van der Waals surface area contributed by atoms with Crippen LogP contribution < -0.4 is 10.6 Å². The van der Waals surface area contributed by atoms with Crippen LogP contribution in [0.3, 0.4) is 0 Å². The highest BCUT2D eigenvalue weighted by Crippen LogP contribution is 2.19. The molecule has 0 rings (SSSR count). The molecular formula is C14H32IN3S. The maximum Gasteiger partial charge on any atom is 0.190 e. The molecular weight excluding hydrogens is 369 g/mol. The molecule has 0 fully saturated rings. The molecule has 0 heterocycles. The third-order valence-electron chi connectivity index (χ3n) is 2.69. The van der Waals surface area contributed by atoms with Crippen molar-refractivity contribution in [3.8, 4) is 0 Å². The molecule has 0 aromatic carbocycles. The molecule has 0 aromatic rings. The van der Waals surface area contributed by atoms with Gasteiger partial charge in [0.15, 0.2) is 5.96 Å². The molecule has 0 spiro atoms. The van der Waals surface area contributed by atoms with E-state index in [2.05, 4.69) is 42.7 Å². The molecule has 0 saturated carbocycles. The Morgan fingerprint density at radius 1 is 1.05 bits per heavy atom. The highest BCUT2D eigenvalue weighted by Gasteiger charge is 2.08. The van der Waals surface area contributed by atoms with E-state index in [1.165, 1.54) is 31.4 Å². The zero-order valence-corrected chi connectivity index (χ0v) is 16.4. The summed E-state index contributed by atoms with van der Waals surface area (Å²) < 4.78 is 0. The van der Waals surface area contributed by atoms with Crippen LogP contribution in [0, 0.1) is 5.41 Å². The van der Waals surface area contributed by atoms with Crippen molar-refractivity contribution < 1.29 is 0 Å². The van der Waals surface area contributed by atoms with Gasteiger partial charge < -0.3 is 10.6 Å². The predicted molar refractivity (Wildman–Crippen MR) is 101 cm³/mol. The summed E-state index contributed by atoms with van der Waals surface area (Å²) in [6.07, 6.45) is 7.07. The average molecular weight is 401 g/mol. The van der Waals surface area contributed by atoms with Crippen LogP contribution in [0.4, 0.5) is 0 Å². The monoisotopic (exact) mass is 401 g/mol. The minimum absolute atomic E-state index is 0. The highest BCUT2D eigenvalue weighted by molar-refractivity contribution is 14.0. The summed E-state index contributed by atoms with van der Waals surface area (Å²) >= 11 is 1.91. The number of thioether (sulfide) groups is 1. The maximum atomic E-state index is 4.23. The number of unbranched alkanes of at least 4 members (excludes halogenated alkanes) is 1. The van der Waals surface area contributed by atoms with Crippen LogP contribution in [0.1, 0.15) is 46.5 Å². The normalized spacial score (nSPS) is 11.9. The predicted octanol–water partition coefficient (Wildman–Crippen LogP) is 3.74. The Hall–Kier alpha value is 0.350. The van der Waals surface area contributed by atoms with Crippen LogP contribution in [0.25, 0.3) is 0 Å². The number of aliphatic imine (C=N–C) groups is 1. The number of nitrogens with zero attached hydrogens (tertiary/aromatic N) is 1. The third kappa shape index (κ3) is 16.3. The number of nitrogens with one attached hydrogen (secondary N) is 2. The molecule has 0 atom stereocenters. The third-order valence-corrected chi connectivity index (χ3v) is 3.38. The van der Waals surface area contributed by atoms with Crippen molar-refractivity contribution >= 4 is 41.7 Å². The summed E-state index contributed by atoms with van der Waals surface area (Å²) in [6, 6.07) is 0. The smallest absolute Gasteiger partial charge is 0.190 e. The van der Waals surface area contributed by atoms with Crippen molar-refractivity contribution in [1.82, 2.24) is 10.6 Å². The first kappa shape index (κ1) is 21.6. The van der Waals surface area contributed by atoms with E-state index in [9.17, 15) is 0 Å². The first-order valence-corrected chi connectivity index (χ1v) is 8.32. The van der Waals surface area contributed by atoms with E-state index >= 15 is 0 Å². The van der Waals surface area contributed by atoms with Gasteiger partial charge in [-0.1, -0.05) is 20.8 Å². The Kier molecular flexibility index (Phi) is 15.2. The van der Waals surface area contributed by atoms with Gasteiger partial charge >= 0.3 is 0 Å².